The Kier molecular flexibility index (Phi) is 6.37. The van der Waals surface area contributed by atoms with Crippen molar-refractivity contribution in [3.63, 3.8) is 0 Å². The van der Waals surface area contributed by atoms with Crippen LogP contribution in [0.1, 0.15) is 22.8 Å². The highest BCUT2D eigenvalue weighted by Crippen LogP contribution is 2.13. The fourth-order valence-corrected chi connectivity index (χ4v) is 1.66. The van der Waals surface area contributed by atoms with Crippen LogP contribution in [0.3, 0.4) is 0 Å². The number of methoxy groups -OCH3 is 1. The van der Waals surface area contributed by atoms with Crippen LogP contribution in [0.5, 0.6) is 0 Å². The summed E-state index contributed by atoms with van der Waals surface area (Å²) in [4.78, 5) is 24.9. The molecule has 1 amide bonds. The Hall–Kier alpha value is -2.39. The number of aliphatic hydroxyl groups is 1. The average molecular weight is 293 g/mol. The molecule has 0 spiro atoms. The molecule has 21 heavy (non-hydrogen) atoms. The molecule has 0 bridgehead atoms. The maximum atomic E-state index is 13.3. The standard InChI is InChI=1S/C15H16FNO4/c1-3-17(10-14(19)21-2)15(20)13-7-6-12(16)9-11(13)5-4-8-18/h6-7,9,18H,3,8,10H2,1-2H3. The van der Waals surface area contributed by atoms with Crippen molar-refractivity contribution < 1.29 is 23.8 Å². The molecule has 5 nitrogen and oxygen atoms in total. The molecule has 0 aliphatic rings. The molecule has 0 saturated carbocycles. The van der Waals surface area contributed by atoms with Crippen molar-refractivity contribution in [1.82, 2.24) is 4.90 Å². The lowest BCUT2D eigenvalue weighted by Crippen LogP contribution is -2.36. The van der Waals surface area contributed by atoms with E-state index in [2.05, 4.69) is 16.6 Å². The number of hydrogen-bond acceptors (Lipinski definition) is 4. The van der Waals surface area contributed by atoms with Gasteiger partial charge in [0.25, 0.3) is 5.91 Å². The Balaban J connectivity index is 3.12. The van der Waals surface area contributed by atoms with Crippen LogP contribution in [0.4, 0.5) is 4.39 Å². The summed E-state index contributed by atoms with van der Waals surface area (Å²) in [6.45, 7) is 1.40. The van der Waals surface area contributed by atoms with Crippen LogP contribution in [-0.2, 0) is 9.53 Å². The topological polar surface area (TPSA) is 66.8 Å². The van der Waals surface area contributed by atoms with Crippen molar-refractivity contribution in [1.29, 1.82) is 0 Å². The fourth-order valence-electron chi connectivity index (χ4n) is 1.66. The molecule has 0 aliphatic heterocycles. The summed E-state index contributed by atoms with van der Waals surface area (Å²) >= 11 is 0. The molecule has 0 aliphatic carbocycles. The summed E-state index contributed by atoms with van der Waals surface area (Å²) in [5.41, 5.74) is 0.334. The molecule has 112 valence electrons. The zero-order valence-corrected chi connectivity index (χ0v) is 11.9. The lowest BCUT2D eigenvalue weighted by Gasteiger charge is -2.20. The smallest absolute Gasteiger partial charge is 0.325 e. The Morgan fingerprint density at radius 2 is 2.14 bits per heavy atom. The van der Waals surface area contributed by atoms with E-state index in [9.17, 15) is 14.0 Å². The molecule has 0 fully saturated rings. The van der Waals surface area contributed by atoms with E-state index in [1.807, 2.05) is 0 Å². The van der Waals surface area contributed by atoms with Crippen LogP contribution in [-0.4, -0.2) is 48.7 Å². The van der Waals surface area contributed by atoms with Gasteiger partial charge in [-0.1, -0.05) is 11.8 Å². The van der Waals surface area contributed by atoms with Gasteiger partial charge < -0.3 is 14.7 Å². The van der Waals surface area contributed by atoms with Crippen molar-refractivity contribution >= 4 is 11.9 Å². The molecule has 1 aromatic rings. The second-order valence-corrected chi connectivity index (χ2v) is 4.05. The van der Waals surface area contributed by atoms with Crippen molar-refractivity contribution in [3.05, 3.63) is 35.1 Å². The average Bonchev–Trinajstić information content (AvgIpc) is 2.49. The number of ether oxygens (including phenoxy) is 1. The summed E-state index contributed by atoms with van der Waals surface area (Å²) in [5.74, 6) is 3.36. The van der Waals surface area contributed by atoms with E-state index >= 15 is 0 Å². The zero-order valence-electron chi connectivity index (χ0n) is 11.9. The van der Waals surface area contributed by atoms with Crippen LogP contribution in [0.15, 0.2) is 18.2 Å². The SMILES string of the molecule is CCN(CC(=O)OC)C(=O)c1ccc(F)cc1C#CCO. The molecule has 6 heteroatoms. The van der Waals surface area contributed by atoms with Crippen LogP contribution in [0.25, 0.3) is 0 Å². The lowest BCUT2D eigenvalue weighted by molar-refractivity contribution is -0.141. The van der Waals surface area contributed by atoms with E-state index < -0.39 is 24.3 Å². The molecule has 1 rings (SSSR count). The number of rotatable bonds is 4. The highest BCUT2D eigenvalue weighted by molar-refractivity contribution is 5.98. The molecular weight excluding hydrogens is 277 g/mol. The predicted octanol–water partition coefficient (Wildman–Crippen LogP) is 0.805. The summed E-state index contributed by atoms with van der Waals surface area (Å²) in [6.07, 6.45) is 0. The highest BCUT2D eigenvalue weighted by atomic mass is 19.1. The number of carbonyl (C=O) groups excluding carboxylic acids is 2. The number of hydrogen-bond donors (Lipinski definition) is 1. The number of likely N-dealkylation sites (N-methyl/N-ethyl adjacent to an activating group) is 1. The van der Waals surface area contributed by atoms with E-state index in [1.165, 1.54) is 18.1 Å². The third-order valence-corrected chi connectivity index (χ3v) is 2.73. The Labute approximate surface area is 122 Å². The molecule has 0 unspecified atom stereocenters. The summed E-state index contributed by atoms with van der Waals surface area (Å²) < 4.78 is 17.8. The quantitative estimate of drug-likeness (QED) is 0.659. The van der Waals surface area contributed by atoms with Crippen LogP contribution in [0, 0.1) is 17.7 Å². The summed E-state index contributed by atoms with van der Waals surface area (Å²) in [5, 5.41) is 8.71. The van der Waals surface area contributed by atoms with Gasteiger partial charge in [-0.15, -0.1) is 0 Å². The number of amides is 1. The third-order valence-electron chi connectivity index (χ3n) is 2.73. The Bertz CT molecular complexity index is 589. The van der Waals surface area contributed by atoms with Gasteiger partial charge in [0.1, 0.15) is 19.0 Å². The highest BCUT2D eigenvalue weighted by Gasteiger charge is 2.20. The largest absolute Gasteiger partial charge is 0.468 e. The normalized spacial score (nSPS) is 9.52. The van der Waals surface area contributed by atoms with Crippen molar-refractivity contribution in [2.45, 2.75) is 6.92 Å². The molecule has 0 saturated heterocycles. The van der Waals surface area contributed by atoms with Gasteiger partial charge in [0.2, 0.25) is 0 Å². The van der Waals surface area contributed by atoms with Crippen LogP contribution in [0.2, 0.25) is 0 Å². The number of esters is 1. The van der Waals surface area contributed by atoms with Crippen LogP contribution < -0.4 is 0 Å². The van der Waals surface area contributed by atoms with Gasteiger partial charge in [-0.2, -0.15) is 0 Å². The minimum Gasteiger partial charge on any atom is -0.468 e. The van der Waals surface area contributed by atoms with E-state index in [0.717, 1.165) is 12.1 Å². The van der Waals surface area contributed by atoms with Crippen molar-refractivity contribution in [3.8, 4) is 11.8 Å². The molecule has 1 N–H and O–H groups in total. The minimum atomic E-state index is -0.546. The predicted molar refractivity (Wildman–Crippen MR) is 74.0 cm³/mol. The molecular formula is C15H16FNO4. The van der Waals surface area contributed by atoms with E-state index in [1.54, 1.807) is 6.92 Å². The first kappa shape index (κ1) is 16.7. The van der Waals surface area contributed by atoms with Gasteiger partial charge in [-0.25, -0.2) is 4.39 Å². The summed E-state index contributed by atoms with van der Waals surface area (Å²) in [7, 11) is 1.23. The number of nitrogens with zero attached hydrogens (tertiary/aromatic N) is 1. The number of carbonyl (C=O) groups is 2. The number of benzene rings is 1. The minimum absolute atomic E-state index is 0.164. The maximum absolute atomic E-state index is 13.3. The fraction of sp³-hybridized carbons (Fsp3) is 0.333. The second-order valence-electron chi connectivity index (χ2n) is 4.05. The van der Waals surface area contributed by atoms with Gasteiger partial charge >= 0.3 is 5.97 Å². The molecule has 0 aromatic heterocycles. The molecule has 0 heterocycles. The Morgan fingerprint density at radius 1 is 1.43 bits per heavy atom. The van der Waals surface area contributed by atoms with Gasteiger partial charge in [-0.05, 0) is 25.1 Å². The third kappa shape index (κ3) is 4.58. The first-order valence-electron chi connectivity index (χ1n) is 6.28. The lowest BCUT2D eigenvalue weighted by atomic mass is 10.1. The van der Waals surface area contributed by atoms with Crippen molar-refractivity contribution in [2.24, 2.45) is 0 Å². The van der Waals surface area contributed by atoms with E-state index in [4.69, 9.17) is 5.11 Å². The van der Waals surface area contributed by atoms with Crippen LogP contribution >= 0.6 is 0 Å². The van der Waals surface area contributed by atoms with Gasteiger partial charge in [0.15, 0.2) is 0 Å². The maximum Gasteiger partial charge on any atom is 0.325 e. The monoisotopic (exact) mass is 293 g/mol. The van der Waals surface area contributed by atoms with Gasteiger partial charge in [0, 0.05) is 12.1 Å². The molecule has 0 atom stereocenters. The second kappa shape index (κ2) is 8.02. The van der Waals surface area contributed by atoms with E-state index in [0.29, 0.717) is 0 Å². The molecule has 1 aromatic carbocycles. The summed E-state index contributed by atoms with van der Waals surface area (Å²) in [6, 6.07) is 3.56. The number of aliphatic hydroxyl groups excluding tert-OH is 1. The van der Waals surface area contributed by atoms with Gasteiger partial charge in [-0.3, -0.25) is 9.59 Å². The Morgan fingerprint density at radius 3 is 2.71 bits per heavy atom. The van der Waals surface area contributed by atoms with Gasteiger partial charge in [0.05, 0.1) is 12.7 Å². The zero-order chi connectivity index (χ0) is 15.8. The van der Waals surface area contributed by atoms with E-state index in [-0.39, 0.29) is 24.2 Å². The first-order valence-corrected chi connectivity index (χ1v) is 6.28. The first-order chi connectivity index (χ1) is 10.0. The molecule has 0 radical (unpaired) electrons. The van der Waals surface area contributed by atoms with Crippen molar-refractivity contribution in [2.75, 3.05) is 26.8 Å². The number of halogens is 1.